The number of ether oxygens (including phenoxy) is 1. The highest BCUT2D eigenvalue weighted by atomic mass is 16.5. The van der Waals surface area contributed by atoms with Crippen LogP contribution in [0.3, 0.4) is 0 Å². The average Bonchev–Trinajstić information content (AvgIpc) is 2.14. The largest absolute Gasteiger partial charge is 0.465 e. The van der Waals surface area contributed by atoms with Crippen molar-refractivity contribution in [1.29, 1.82) is 0 Å². The van der Waals surface area contributed by atoms with Crippen molar-refractivity contribution in [2.45, 2.75) is 34.1 Å². The van der Waals surface area contributed by atoms with E-state index < -0.39 is 0 Å². The lowest BCUT2D eigenvalue weighted by atomic mass is 9.91. The summed E-state index contributed by atoms with van der Waals surface area (Å²) in [6, 6.07) is 0. The third kappa shape index (κ3) is 7.55. The van der Waals surface area contributed by atoms with E-state index in [1.807, 2.05) is 20.8 Å². The van der Waals surface area contributed by atoms with Gasteiger partial charge in [-0.15, -0.1) is 6.58 Å². The summed E-state index contributed by atoms with van der Waals surface area (Å²) in [6.45, 7) is 12.0. The van der Waals surface area contributed by atoms with Crippen LogP contribution in [0.25, 0.3) is 0 Å². The van der Waals surface area contributed by atoms with Crippen LogP contribution in [0.2, 0.25) is 0 Å². The van der Waals surface area contributed by atoms with Gasteiger partial charge in [0.05, 0.1) is 6.61 Å². The maximum Gasteiger partial charge on any atom is 0.325 e. The van der Waals surface area contributed by atoms with E-state index in [1.54, 1.807) is 13.0 Å². The van der Waals surface area contributed by atoms with Crippen molar-refractivity contribution in [1.82, 2.24) is 4.90 Å². The summed E-state index contributed by atoms with van der Waals surface area (Å²) in [5.41, 5.74) is -0.0921. The molecule has 0 bridgehead atoms. The standard InChI is InChI=1S/C13H23NO3/c1-6-8-14(10-12(16)17-7-2)11(15)9-13(3,4)5/h6H,1,7-10H2,2-5H3. The Hall–Kier alpha value is -1.32. The first-order valence-electron chi connectivity index (χ1n) is 5.84. The van der Waals surface area contributed by atoms with E-state index in [4.69, 9.17) is 4.74 Å². The molecule has 98 valence electrons. The highest BCUT2D eigenvalue weighted by Gasteiger charge is 2.22. The molecule has 0 aliphatic rings. The Kier molecular flexibility index (Phi) is 6.54. The molecule has 0 aromatic heterocycles. The van der Waals surface area contributed by atoms with Crippen molar-refractivity contribution in [2.24, 2.45) is 5.41 Å². The Morgan fingerprint density at radius 2 is 1.94 bits per heavy atom. The molecule has 0 atom stereocenters. The Labute approximate surface area is 104 Å². The topological polar surface area (TPSA) is 46.6 Å². The zero-order valence-electron chi connectivity index (χ0n) is 11.3. The van der Waals surface area contributed by atoms with Crippen molar-refractivity contribution in [3.8, 4) is 0 Å². The molecule has 0 aliphatic heterocycles. The lowest BCUT2D eigenvalue weighted by Crippen LogP contribution is -2.38. The van der Waals surface area contributed by atoms with E-state index >= 15 is 0 Å². The summed E-state index contributed by atoms with van der Waals surface area (Å²) in [6.07, 6.45) is 2.01. The van der Waals surface area contributed by atoms with Crippen LogP contribution in [0.1, 0.15) is 34.1 Å². The molecule has 0 heterocycles. The van der Waals surface area contributed by atoms with E-state index in [0.29, 0.717) is 19.6 Å². The molecule has 0 aromatic rings. The molecule has 0 unspecified atom stereocenters. The fourth-order valence-electron chi connectivity index (χ4n) is 1.34. The molecule has 0 N–H and O–H groups in total. The first-order chi connectivity index (χ1) is 7.80. The van der Waals surface area contributed by atoms with E-state index in [0.717, 1.165) is 0 Å². The predicted molar refractivity (Wildman–Crippen MR) is 67.5 cm³/mol. The second-order valence-corrected chi connectivity index (χ2v) is 5.11. The summed E-state index contributed by atoms with van der Waals surface area (Å²) < 4.78 is 4.83. The number of hydrogen-bond acceptors (Lipinski definition) is 3. The Morgan fingerprint density at radius 1 is 1.35 bits per heavy atom. The van der Waals surface area contributed by atoms with Gasteiger partial charge in [-0.25, -0.2) is 0 Å². The molecule has 0 radical (unpaired) electrons. The van der Waals surface area contributed by atoms with Gasteiger partial charge < -0.3 is 9.64 Å². The van der Waals surface area contributed by atoms with Crippen LogP contribution < -0.4 is 0 Å². The number of nitrogens with zero attached hydrogens (tertiary/aromatic N) is 1. The van der Waals surface area contributed by atoms with Crippen molar-refractivity contribution in [3.63, 3.8) is 0 Å². The van der Waals surface area contributed by atoms with E-state index in [2.05, 4.69) is 6.58 Å². The van der Waals surface area contributed by atoms with Gasteiger partial charge in [-0.05, 0) is 12.3 Å². The molecule has 4 nitrogen and oxygen atoms in total. The van der Waals surface area contributed by atoms with Gasteiger partial charge in [0.15, 0.2) is 0 Å². The van der Waals surface area contributed by atoms with Crippen LogP contribution in [0, 0.1) is 5.41 Å². The second-order valence-electron chi connectivity index (χ2n) is 5.11. The third-order valence-corrected chi connectivity index (χ3v) is 2.01. The predicted octanol–water partition coefficient (Wildman–Crippen LogP) is 2.00. The normalized spacial score (nSPS) is 10.8. The minimum Gasteiger partial charge on any atom is -0.465 e. The SMILES string of the molecule is C=CCN(CC(=O)OCC)C(=O)CC(C)(C)C. The van der Waals surface area contributed by atoms with Gasteiger partial charge in [-0.1, -0.05) is 26.8 Å². The number of esters is 1. The summed E-state index contributed by atoms with van der Waals surface area (Å²) in [5, 5.41) is 0. The van der Waals surface area contributed by atoms with Crippen molar-refractivity contribution < 1.29 is 14.3 Å². The number of carbonyl (C=O) groups is 2. The minimum absolute atomic E-state index is 0.00519. The highest BCUT2D eigenvalue weighted by molar-refractivity contribution is 5.82. The lowest BCUT2D eigenvalue weighted by Gasteiger charge is -2.24. The molecule has 17 heavy (non-hydrogen) atoms. The monoisotopic (exact) mass is 241 g/mol. The van der Waals surface area contributed by atoms with E-state index in [1.165, 1.54) is 4.90 Å². The molecule has 0 saturated heterocycles. The molecular weight excluding hydrogens is 218 g/mol. The Bertz CT molecular complexity index is 279. The minimum atomic E-state index is -0.378. The van der Waals surface area contributed by atoms with E-state index in [9.17, 15) is 9.59 Å². The highest BCUT2D eigenvalue weighted by Crippen LogP contribution is 2.19. The van der Waals surface area contributed by atoms with E-state index in [-0.39, 0.29) is 23.8 Å². The molecule has 1 amide bonds. The first kappa shape index (κ1) is 15.7. The average molecular weight is 241 g/mol. The maximum absolute atomic E-state index is 12.0. The molecule has 0 saturated carbocycles. The summed E-state index contributed by atoms with van der Waals surface area (Å²) in [5.74, 6) is -0.429. The molecule has 0 aliphatic carbocycles. The van der Waals surface area contributed by atoms with Gasteiger partial charge in [0.2, 0.25) is 5.91 Å². The number of hydrogen-bond donors (Lipinski definition) is 0. The van der Waals surface area contributed by atoms with Gasteiger partial charge in [-0.2, -0.15) is 0 Å². The van der Waals surface area contributed by atoms with Gasteiger partial charge in [0.25, 0.3) is 0 Å². The fraction of sp³-hybridized carbons (Fsp3) is 0.692. The summed E-state index contributed by atoms with van der Waals surface area (Å²) in [4.78, 5) is 24.8. The Morgan fingerprint density at radius 3 is 2.35 bits per heavy atom. The van der Waals surface area contributed by atoms with Crippen LogP contribution in [-0.2, 0) is 14.3 Å². The quantitative estimate of drug-likeness (QED) is 0.528. The number of carbonyl (C=O) groups excluding carboxylic acids is 2. The van der Waals surface area contributed by atoms with Crippen LogP contribution >= 0.6 is 0 Å². The zero-order chi connectivity index (χ0) is 13.5. The van der Waals surface area contributed by atoms with Crippen molar-refractivity contribution in [2.75, 3.05) is 19.7 Å². The van der Waals surface area contributed by atoms with Crippen molar-refractivity contribution >= 4 is 11.9 Å². The van der Waals surface area contributed by atoms with Crippen molar-refractivity contribution in [3.05, 3.63) is 12.7 Å². The van der Waals surface area contributed by atoms with Crippen LogP contribution in [0.4, 0.5) is 0 Å². The molecule has 4 heteroatoms. The molecule has 0 rings (SSSR count). The van der Waals surface area contributed by atoms with Gasteiger partial charge in [0.1, 0.15) is 6.54 Å². The van der Waals surface area contributed by atoms with Gasteiger partial charge in [0, 0.05) is 13.0 Å². The van der Waals surface area contributed by atoms with Crippen LogP contribution in [0.5, 0.6) is 0 Å². The van der Waals surface area contributed by atoms with Gasteiger partial charge in [-0.3, -0.25) is 9.59 Å². The van der Waals surface area contributed by atoms with Crippen LogP contribution in [0.15, 0.2) is 12.7 Å². The lowest BCUT2D eigenvalue weighted by molar-refractivity contribution is -0.149. The second kappa shape index (κ2) is 7.09. The summed E-state index contributed by atoms with van der Waals surface area (Å²) >= 11 is 0. The molecule has 0 aromatic carbocycles. The molecular formula is C13H23NO3. The zero-order valence-corrected chi connectivity index (χ0v) is 11.3. The number of rotatable bonds is 6. The van der Waals surface area contributed by atoms with Gasteiger partial charge >= 0.3 is 5.97 Å². The smallest absolute Gasteiger partial charge is 0.325 e. The molecule has 0 fully saturated rings. The third-order valence-electron chi connectivity index (χ3n) is 2.01. The summed E-state index contributed by atoms with van der Waals surface area (Å²) in [7, 11) is 0. The van der Waals surface area contributed by atoms with Crippen LogP contribution in [-0.4, -0.2) is 36.5 Å². The fourth-order valence-corrected chi connectivity index (χ4v) is 1.34. The first-order valence-corrected chi connectivity index (χ1v) is 5.84. The maximum atomic E-state index is 12.0. The number of amides is 1. The molecule has 0 spiro atoms. The Balaban J connectivity index is 4.45.